The van der Waals surface area contributed by atoms with Crippen molar-refractivity contribution >= 4 is 6.03 Å². The van der Waals surface area contributed by atoms with Gasteiger partial charge in [0.15, 0.2) is 0 Å². The first-order chi connectivity index (χ1) is 12.3. The van der Waals surface area contributed by atoms with Crippen molar-refractivity contribution in [1.29, 1.82) is 0 Å². The zero-order valence-corrected chi connectivity index (χ0v) is 14.1. The largest absolute Gasteiger partial charge is 0.338 e. The van der Waals surface area contributed by atoms with Crippen molar-refractivity contribution in [3.8, 4) is 0 Å². The van der Waals surface area contributed by atoms with Crippen LogP contribution in [-0.2, 0) is 19.5 Å². The molecule has 0 saturated carbocycles. The number of imidazole rings is 1. The second kappa shape index (κ2) is 8.68. The van der Waals surface area contributed by atoms with E-state index in [1.54, 1.807) is 6.20 Å². The van der Waals surface area contributed by atoms with Crippen LogP contribution in [0.15, 0.2) is 73.1 Å². The molecule has 5 heteroatoms. The number of benzene rings is 2. The van der Waals surface area contributed by atoms with E-state index < -0.39 is 0 Å². The van der Waals surface area contributed by atoms with Crippen molar-refractivity contribution in [2.45, 2.75) is 19.5 Å². The fourth-order valence-corrected chi connectivity index (χ4v) is 2.62. The van der Waals surface area contributed by atoms with E-state index in [2.05, 4.69) is 32.3 Å². The van der Waals surface area contributed by atoms with E-state index >= 15 is 0 Å². The highest BCUT2D eigenvalue weighted by Crippen LogP contribution is 2.05. The molecule has 3 rings (SSSR count). The average molecular weight is 334 g/mol. The molecule has 0 aliphatic carbocycles. The third-order valence-corrected chi connectivity index (χ3v) is 3.93. The van der Waals surface area contributed by atoms with Gasteiger partial charge in [-0.25, -0.2) is 9.78 Å². The van der Waals surface area contributed by atoms with Gasteiger partial charge in [0.25, 0.3) is 0 Å². The molecular formula is C20H22N4O. The van der Waals surface area contributed by atoms with Crippen LogP contribution in [0.5, 0.6) is 0 Å². The number of urea groups is 1. The summed E-state index contributed by atoms with van der Waals surface area (Å²) in [6.45, 7) is 1.86. The Morgan fingerprint density at radius 1 is 0.920 bits per heavy atom. The molecule has 0 unspecified atom stereocenters. The second-order valence-electron chi connectivity index (χ2n) is 5.80. The first kappa shape index (κ1) is 16.8. The number of rotatable bonds is 7. The molecule has 3 aromatic rings. The minimum Gasteiger partial charge on any atom is -0.338 e. The summed E-state index contributed by atoms with van der Waals surface area (Å²) in [5, 5.41) is 5.74. The minimum absolute atomic E-state index is 0.162. The first-order valence-corrected chi connectivity index (χ1v) is 8.41. The van der Waals surface area contributed by atoms with E-state index in [0.29, 0.717) is 19.5 Å². The van der Waals surface area contributed by atoms with Gasteiger partial charge in [-0.05, 0) is 11.1 Å². The van der Waals surface area contributed by atoms with Crippen LogP contribution >= 0.6 is 0 Å². The molecule has 1 heterocycles. The molecule has 0 aliphatic rings. The fraction of sp³-hybridized carbons (Fsp3) is 0.200. The molecule has 25 heavy (non-hydrogen) atoms. The highest BCUT2D eigenvalue weighted by molar-refractivity contribution is 5.73. The van der Waals surface area contributed by atoms with Gasteiger partial charge in [-0.15, -0.1) is 0 Å². The number of hydrogen-bond donors (Lipinski definition) is 2. The van der Waals surface area contributed by atoms with Crippen molar-refractivity contribution < 1.29 is 4.79 Å². The topological polar surface area (TPSA) is 59.0 Å². The van der Waals surface area contributed by atoms with E-state index in [4.69, 9.17) is 0 Å². The summed E-state index contributed by atoms with van der Waals surface area (Å²) < 4.78 is 2.11. The molecule has 0 spiro atoms. The Morgan fingerprint density at radius 2 is 1.60 bits per heavy atom. The molecule has 0 radical (unpaired) electrons. The Labute approximate surface area is 147 Å². The molecular weight excluding hydrogens is 312 g/mol. The van der Waals surface area contributed by atoms with Crippen molar-refractivity contribution in [3.05, 3.63) is 90.0 Å². The maximum atomic E-state index is 11.9. The Kier molecular flexibility index (Phi) is 5.82. The lowest BCUT2D eigenvalue weighted by atomic mass is 10.2. The second-order valence-corrected chi connectivity index (χ2v) is 5.80. The molecule has 2 N–H and O–H groups in total. The summed E-state index contributed by atoms with van der Waals surface area (Å²) in [6, 6.07) is 20.0. The van der Waals surface area contributed by atoms with E-state index in [9.17, 15) is 4.79 Å². The summed E-state index contributed by atoms with van der Waals surface area (Å²) in [4.78, 5) is 16.3. The van der Waals surface area contributed by atoms with Crippen LogP contribution in [-0.4, -0.2) is 22.1 Å². The molecule has 0 fully saturated rings. The quantitative estimate of drug-likeness (QED) is 0.698. The number of hydrogen-bond acceptors (Lipinski definition) is 2. The van der Waals surface area contributed by atoms with Gasteiger partial charge < -0.3 is 15.2 Å². The van der Waals surface area contributed by atoms with Crippen molar-refractivity contribution in [1.82, 2.24) is 20.2 Å². The molecule has 0 saturated heterocycles. The molecule has 2 aromatic carbocycles. The SMILES string of the molecule is O=C(NCCc1nccn1Cc1ccccc1)NCc1ccccc1. The monoisotopic (exact) mass is 334 g/mol. The fourth-order valence-electron chi connectivity index (χ4n) is 2.62. The van der Waals surface area contributed by atoms with Crippen LogP contribution in [0.3, 0.4) is 0 Å². The molecule has 0 aliphatic heterocycles. The molecule has 128 valence electrons. The van der Waals surface area contributed by atoms with Gasteiger partial charge in [0.2, 0.25) is 0 Å². The summed E-state index contributed by atoms with van der Waals surface area (Å²) in [5.74, 6) is 0.965. The zero-order chi connectivity index (χ0) is 17.3. The predicted molar refractivity (Wildman–Crippen MR) is 98.2 cm³/mol. The number of nitrogens with zero attached hydrogens (tertiary/aromatic N) is 2. The Hall–Kier alpha value is -3.08. The van der Waals surface area contributed by atoms with E-state index in [1.165, 1.54) is 5.56 Å². The number of carbonyl (C=O) groups is 1. The van der Waals surface area contributed by atoms with E-state index in [1.807, 2.05) is 54.7 Å². The highest BCUT2D eigenvalue weighted by atomic mass is 16.2. The lowest BCUT2D eigenvalue weighted by Crippen LogP contribution is -2.36. The van der Waals surface area contributed by atoms with Crippen LogP contribution < -0.4 is 10.6 Å². The summed E-state index contributed by atoms with van der Waals surface area (Å²) in [7, 11) is 0. The van der Waals surface area contributed by atoms with Gasteiger partial charge in [0.05, 0.1) is 0 Å². The average Bonchev–Trinajstić information content (AvgIpc) is 3.09. The molecule has 0 atom stereocenters. The third-order valence-electron chi connectivity index (χ3n) is 3.93. The third kappa shape index (κ3) is 5.21. The normalized spacial score (nSPS) is 10.4. The molecule has 5 nitrogen and oxygen atoms in total. The van der Waals surface area contributed by atoms with Gasteiger partial charge in [0, 0.05) is 38.4 Å². The maximum Gasteiger partial charge on any atom is 0.315 e. The van der Waals surface area contributed by atoms with Gasteiger partial charge >= 0.3 is 6.03 Å². The van der Waals surface area contributed by atoms with Crippen LogP contribution in [0.25, 0.3) is 0 Å². The van der Waals surface area contributed by atoms with Crippen molar-refractivity contribution in [2.24, 2.45) is 0 Å². The zero-order valence-electron chi connectivity index (χ0n) is 14.1. The number of nitrogens with one attached hydrogen (secondary N) is 2. The Balaban J connectivity index is 1.43. The molecule has 2 amide bonds. The van der Waals surface area contributed by atoms with Crippen LogP contribution in [0.1, 0.15) is 17.0 Å². The predicted octanol–water partition coefficient (Wildman–Crippen LogP) is 2.97. The maximum absolute atomic E-state index is 11.9. The summed E-state index contributed by atoms with van der Waals surface area (Å²) >= 11 is 0. The minimum atomic E-state index is -0.162. The van der Waals surface area contributed by atoms with Crippen molar-refractivity contribution in [2.75, 3.05) is 6.54 Å². The number of amides is 2. The highest BCUT2D eigenvalue weighted by Gasteiger charge is 2.05. The van der Waals surface area contributed by atoms with Gasteiger partial charge in [0.1, 0.15) is 5.82 Å². The summed E-state index contributed by atoms with van der Waals surface area (Å²) in [5.41, 5.74) is 2.31. The number of carbonyl (C=O) groups excluding carboxylic acids is 1. The van der Waals surface area contributed by atoms with E-state index in [-0.39, 0.29) is 6.03 Å². The van der Waals surface area contributed by atoms with E-state index in [0.717, 1.165) is 17.9 Å². The lowest BCUT2D eigenvalue weighted by Gasteiger charge is -2.10. The Bertz CT molecular complexity index is 784. The number of aromatic nitrogens is 2. The first-order valence-electron chi connectivity index (χ1n) is 8.41. The Morgan fingerprint density at radius 3 is 2.32 bits per heavy atom. The lowest BCUT2D eigenvalue weighted by molar-refractivity contribution is 0.240. The van der Waals surface area contributed by atoms with Gasteiger partial charge in [-0.2, -0.15) is 0 Å². The molecule has 1 aromatic heterocycles. The van der Waals surface area contributed by atoms with Crippen LogP contribution in [0.4, 0.5) is 4.79 Å². The van der Waals surface area contributed by atoms with Gasteiger partial charge in [-0.3, -0.25) is 0 Å². The standard InChI is InChI=1S/C20H22N4O/c25-20(23-15-17-7-3-1-4-8-17)22-12-11-19-21-13-14-24(19)16-18-9-5-2-6-10-18/h1-10,13-14H,11-12,15-16H2,(H2,22,23,25). The summed E-state index contributed by atoms with van der Waals surface area (Å²) in [6.07, 6.45) is 4.46. The molecule has 0 bridgehead atoms. The van der Waals surface area contributed by atoms with Crippen LogP contribution in [0.2, 0.25) is 0 Å². The van der Waals surface area contributed by atoms with Crippen molar-refractivity contribution in [3.63, 3.8) is 0 Å². The smallest absolute Gasteiger partial charge is 0.315 e. The van der Waals surface area contributed by atoms with Gasteiger partial charge in [-0.1, -0.05) is 60.7 Å². The van der Waals surface area contributed by atoms with Crippen LogP contribution in [0, 0.1) is 0 Å².